The molecule has 1 N–H and O–H groups in total. The zero-order valence-corrected chi connectivity index (χ0v) is 13.8. The summed E-state index contributed by atoms with van der Waals surface area (Å²) in [6.07, 6.45) is 0. The first-order valence-corrected chi connectivity index (χ1v) is 8.13. The van der Waals surface area contributed by atoms with Crippen molar-refractivity contribution < 1.29 is 4.74 Å². The fourth-order valence-electron chi connectivity index (χ4n) is 2.19. The van der Waals surface area contributed by atoms with E-state index >= 15 is 0 Å². The molecule has 1 heterocycles. The molecular weight excluding hydrogens is 280 g/mol. The SMILES string of the molecule is COc1cccc(CN(C)C(C)CNCc2cccs2)c1. The Balaban J connectivity index is 1.77. The molecule has 0 aliphatic heterocycles. The van der Waals surface area contributed by atoms with Crippen LogP contribution in [0.15, 0.2) is 41.8 Å². The number of hydrogen-bond donors (Lipinski definition) is 1. The molecule has 4 heteroatoms. The molecule has 0 spiro atoms. The van der Waals surface area contributed by atoms with E-state index in [1.165, 1.54) is 10.4 Å². The Morgan fingerprint density at radius 1 is 1.29 bits per heavy atom. The molecule has 21 heavy (non-hydrogen) atoms. The van der Waals surface area contributed by atoms with Crippen molar-refractivity contribution in [2.24, 2.45) is 0 Å². The molecule has 3 nitrogen and oxygen atoms in total. The molecule has 0 bridgehead atoms. The van der Waals surface area contributed by atoms with Crippen LogP contribution in [0.2, 0.25) is 0 Å². The minimum absolute atomic E-state index is 0.483. The van der Waals surface area contributed by atoms with Crippen molar-refractivity contribution in [3.63, 3.8) is 0 Å². The van der Waals surface area contributed by atoms with Crippen molar-refractivity contribution in [2.75, 3.05) is 20.7 Å². The molecule has 0 aliphatic rings. The van der Waals surface area contributed by atoms with E-state index in [1.54, 1.807) is 18.4 Å². The van der Waals surface area contributed by atoms with E-state index in [-0.39, 0.29) is 0 Å². The highest BCUT2D eigenvalue weighted by molar-refractivity contribution is 7.09. The van der Waals surface area contributed by atoms with E-state index in [0.717, 1.165) is 25.4 Å². The summed E-state index contributed by atoms with van der Waals surface area (Å²) in [5.41, 5.74) is 1.28. The molecule has 2 rings (SSSR count). The van der Waals surface area contributed by atoms with Gasteiger partial charge in [0.2, 0.25) is 0 Å². The normalized spacial score (nSPS) is 12.6. The third-order valence-electron chi connectivity index (χ3n) is 3.64. The minimum Gasteiger partial charge on any atom is -0.497 e. The lowest BCUT2D eigenvalue weighted by Gasteiger charge is -2.25. The average molecular weight is 304 g/mol. The second-order valence-electron chi connectivity index (χ2n) is 5.33. The summed E-state index contributed by atoms with van der Waals surface area (Å²) in [6, 6.07) is 13.0. The molecule has 0 fully saturated rings. The van der Waals surface area contributed by atoms with Crippen LogP contribution in [0.5, 0.6) is 5.75 Å². The van der Waals surface area contributed by atoms with Gasteiger partial charge in [-0.1, -0.05) is 18.2 Å². The predicted octanol–water partition coefficient (Wildman–Crippen LogP) is 3.37. The number of likely N-dealkylation sites (N-methyl/N-ethyl adjacent to an activating group) is 1. The highest BCUT2D eigenvalue weighted by Crippen LogP contribution is 2.14. The van der Waals surface area contributed by atoms with Crippen LogP contribution in [0.4, 0.5) is 0 Å². The Labute approximate surface area is 131 Å². The van der Waals surface area contributed by atoms with Crippen molar-refractivity contribution in [1.29, 1.82) is 0 Å². The Kier molecular flexibility index (Phi) is 6.23. The first-order chi connectivity index (χ1) is 10.2. The van der Waals surface area contributed by atoms with Gasteiger partial charge in [0.05, 0.1) is 7.11 Å². The van der Waals surface area contributed by atoms with Crippen LogP contribution >= 0.6 is 11.3 Å². The summed E-state index contributed by atoms with van der Waals surface area (Å²) in [7, 11) is 3.87. The highest BCUT2D eigenvalue weighted by Gasteiger charge is 2.09. The maximum Gasteiger partial charge on any atom is 0.119 e. The zero-order valence-electron chi connectivity index (χ0n) is 13.0. The largest absolute Gasteiger partial charge is 0.497 e. The molecule has 114 valence electrons. The van der Waals surface area contributed by atoms with E-state index < -0.39 is 0 Å². The summed E-state index contributed by atoms with van der Waals surface area (Å²) >= 11 is 1.80. The van der Waals surface area contributed by atoms with Gasteiger partial charge in [0.25, 0.3) is 0 Å². The van der Waals surface area contributed by atoms with Gasteiger partial charge in [-0.3, -0.25) is 4.90 Å². The fourth-order valence-corrected chi connectivity index (χ4v) is 2.86. The van der Waals surface area contributed by atoms with Crippen LogP contribution in [0.3, 0.4) is 0 Å². The summed E-state index contributed by atoms with van der Waals surface area (Å²) < 4.78 is 5.27. The number of thiophene rings is 1. The van der Waals surface area contributed by atoms with Crippen LogP contribution in [-0.4, -0.2) is 31.6 Å². The van der Waals surface area contributed by atoms with Crippen LogP contribution in [0.1, 0.15) is 17.4 Å². The third-order valence-corrected chi connectivity index (χ3v) is 4.51. The maximum atomic E-state index is 5.27. The molecule has 1 unspecified atom stereocenters. The van der Waals surface area contributed by atoms with Gasteiger partial charge >= 0.3 is 0 Å². The van der Waals surface area contributed by atoms with E-state index in [4.69, 9.17) is 4.74 Å². The van der Waals surface area contributed by atoms with Crippen LogP contribution in [0, 0.1) is 0 Å². The molecule has 0 saturated heterocycles. The second kappa shape index (κ2) is 8.17. The molecule has 1 aromatic heterocycles. The van der Waals surface area contributed by atoms with Crippen molar-refractivity contribution in [3.8, 4) is 5.75 Å². The van der Waals surface area contributed by atoms with Crippen LogP contribution in [0.25, 0.3) is 0 Å². The number of ether oxygens (including phenoxy) is 1. The quantitative estimate of drug-likeness (QED) is 0.809. The standard InChI is InChI=1S/C17H24N2OS/c1-14(11-18-12-17-8-5-9-21-17)19(2)13-15-6-4-7-16(10-15)20-3/h4-10,14,18H,11-13H2,1-3H3. The maximum absolute atomic E-state index is 5.27. The number of methoxy groups -OCH3 is 1. The first kappa shape index (κ1) is 16.0. The van der Waals surface area contributed by atoms with Gasteiger partial charge in [-0.15, -0.1) is 11.3 Å². The monoisotopic (exact) mass is 304 g/mol. The van der Waals surface area contributed by atoms with Gasteiger partial charge in [0.15, 0.2) is 0 Å². The summed E-state index contributed by atoms with van der Waals surface area (Å²) in [6.45, 7) is 5.12. The Morgan fingerprint density at radius 3 is 2.86 bits per heavy atom. The predicted molar refractivity (Wildman–Crippen MR) is 89.9 cm³/mol. The van der Waals surface area contributed by atoms with Crippen molar-refractivity contribution in [1.82, 2.24) is 10.2 Å². The number of benzene rings is 1. The second-order valence-corrected chi connectivity index (χ2v) is 6.36. The molecular formula is C17H24N2OS. The molecule has 0 aliphatic carbocycles. The summed E-state index contributed by atoms with van der Waals surface area (Å²) in [5, 5.41) is 5.64. The third kappa shape index (κ3) is 5.16. The van der Waals surface area contributed by atoms with Crippen LogP contribution < -0.4 is 10.1 Å². The average Bonchev–Trinajstić information content (AvgIpc) is 3.00. The van der Waals surface area contributed by atoms with E-state index in [9.17, 15) is 0 Å². The zero-order chi connectivity index (χ0) is 15.1. The smallest absolute Gasteiger partial charge is 0.119 e. The number of rotatable bonds is 8. The van der Waals surface area contributed by atoms with E-state index in [2.05, 4.69) is 53.8 Å². The lowest BCUT2D eigenvalue weighted by molar-refractivity contribution is 0.242. The number of nitrogens with one attached hydrogen (secondary N) is 1. The number of nitrogens with zero attached hydrogens (tertiary/aromatic N) is 1. The van der Waals surface area contributed by atoms with Crippen molar-refractivity contribution in [3.05, 3.63) is 52.2 Å². The Morgan fingerprint density at radius 2 is 2.14 bits per heavy atom. The Hall–Kier alpha value is -1.36. The lowest BCUT2D eigenvalue weighted by Crippen LogP contribution is -2.37. The topological polar surface area (TPSA) is 24.5 Å². The fraction of sp³-hybridized carbons (Fsp3) is 0.412. The minimum atomic E-state index is 0.483. The van der Waals surface area contributed by atoms with Gasteiger partial charge in [0, 0.05) is 30.6 Å². The van der Waals surface area contributed by atoms with Gasteiger partial charge in [-0.2, -0.15) is 0 Å². The molecule has 0 amide bonds. The Bertz CT molecular complexity index is 527. The van der Waals surface area contributed by atoms with Gasteiger partial charge in [-0.05, 0) is 43.1 Å². The molecule has 0 radical (unpaired) electrons. The van der Waals surface area contributed by atoms with Gasteiger partial charge < -0.3 is 10.1 Å². The van der Waals surface area contributed by atoms with E-state index in [0.29, 0.717) is 6.04 Å². The van der Waals surface area contributed by atoms with Gasteiger partial charge in [0.1, 0.15) is 5.75 Å². The summed E-state index contributed by atoms with van der Waals surface area (Å²) in [5.74, 6) is 0.921. The van der Waals surface area contributed by atoms with Crippen LogP contribution in [-0.2, 0) is 13.1 Å². The summed E-state index contributed by atoms with van der Waals surface area (Å²) in [4.78, 5) is 3.74. The van der Waals surface area contributed by atoms with Crippen molar-refractivity contribution in [2.45, 2.75) is 26.1 Å². The lowest BCUT2D eigenvalue weighted by atomic mass is 10.2. The first-order valence-electron chi connectivity index (χ1n) is 7.25. The van der Waals surface area contributed by atoms with Crippen molar-refractivity contribution >= 4 is 11.3 Å². The molecule has 2 aromatic rings. The molecule has 1 aromatic carbocycles. The number of hydrogen-bond acceptors (Lipinski definition) is 4. The molecule has 0 saturated carbocycles. The van der Waals surface area contributed by atoms with E-state index in [1.807, 2.05) is 12.1 Å². The highest BCUT2D eigenvalue weighted by atomic mass is 32.1. The van der Waals surface area contributed by atoms with Gasteiger partial charge in [-0.25, -0.2) is 0 Å². The molecule has 1 atom stereocenters.